The second kappa shape index (κ2) is 4.90. The van der Waals surface area contributed by atoms with Crippen molar-refractivity contribution in [3.8, 4) is 5.75 Å². The van der Waals surface area contributed by atoms with E-state index < -0.39 is 0 Å². The fourth-order valence-electron chi connectivity index (χ4n) is 2.42. The third kappa shape index (κ3) is 2.68. The minimum absolute atomic E-state index is 0.00667. The van der Waals surface area contributed by atoms with E-state index in [4.69, 9.17) is 9.47 Å². The van der Waals surface area contributed by atoms with Gasteiger partial charge in [-0.3, -0.25) is 0 Å². The lowest BCUT2D eigenvalue weighted by molar-refractivity contribution is 0.0121. The molecular formula is C15H23NO2. The molecule has 1 saturated heterocycles. The predicted octanol–water partition coefficient (Wildman–Crippen LogP) is 2.75. The van der Waals surface area contributed by atoms with Crippen molar-refractivity contribution in [1.29, 1.82) is 0 Å². The third-order valence-electron chi connectivity index (χ3n) is 3.53. The van der Waals surface area contributed by atoms with Crippen LogP contribution in [0.2, 0.25) is 0 Å². The highest BCUT2D eigenvalue weighted by Gasteiger charge is 2.30. The van der Waals surface area contributed by atoms with E-state index >= 15 is 0 Å². The van der Waals surface area contributed by atoms with Crippen molar-refractivity contribution in [1.82, 2.24) is 5.32 Å². The van der Waals surface area contributed by atoms with Gasteiger partial charge < -0.3 is 14.8 Å². The Morgan fingerprint density at radius 3 is 2.56 bits per heavy atom. The van der Waals surface area contributed by atoms with Crippen LogP contribution in [-0.4, -0.2) is 25.9 Å². The summed E-state index contributed by atoms with van der Waals surface area (Å²) < 4.78 is 11.2. The Bertz CT molecular complexity index is 440. The van der Waals surface area contributed by atoms with Crippen molar-refractivity contribution in [2.75, 3.05) is 20.3 Å². The highest BCUT2D eigenvalue weighted by atomic mass is 16.5. The molecule has 18 heavy (non-hydrogen) atoms. The number of benzene rings is 1. The minimum Gasteiger partial charge on any atom is -0.496 e. The van der Waals surface area contributed by atoms with Crippen LogP contribution in [0.3, 0.4) is 0 Å². The normalized spacial score (nSPS) is 22.8. The molecule has 1 atom stereocenters. The third-order valence-corrected chi connectivity index (χ3v) is 3.53. The van der Waals surface area contributed by atoms with Gasteiger partial charge in [0.05, 0.1) is 26.4 Å². The van der Waals surface area contributed by atoms with Gasteiger partial charge >= 0.3 is 0 Å². The fourth-order valence-corrected chi connectivity index (χ4v) is 2.42. The summed E-state index contributed by atoms with van der Waals surface area (Å²) in [5.41, 5.74) is 3.74. The Balaban J connectivity index is 2.35. The molecule has 1 unspecified atom stereocenters. The van der Waals surface area contributed by atoms with E-state index in [1.807, 2.05) is 0 Å². The number of nitrogens with one attached hydrogen (secondary N) is 1. The van der Waals surface area contributed by atoms with Crippen LogP contribution in [0.4, 0.5) is 0 Å². The first-order valence-electron chi connectivity index (χ1n) is 6.43. The molecule has 0 aromatic heterocycles. The van der Waals surface area contributed by atoms with Gasteiger partial charge in [0.25, 0.3) is 0 Å². The zero-order valence-electron chi connectivity index (χ0n) is 12.0. The quantitative estimate of drug-likeness (QED) is 0.874. The van der Waals surface area contributed by atoms with Crippen LogP contribution in [0.25, 0.3) is 0 Å². The number of methoxy groups -OCH3 is 1. The largest absolute Gasteiger partial charge is 0.496 e. The lowest BCUT2D eigenvalue weighted by Crippen LogP contribution is -2.51. The van der Waals surface area contributed by atoms with Gasteiger partial charge in [0, 0.05) is 11.1 Å². The summed E-state index contributed by atoms with van der Waals surface area (Å²) in [6.07, 6.45) is 0. The lowest BCUT2D eigenvalue weighted by Gasteiger charge is -2.37. The van der Waals surface area contributed by atoms with Gasteiger partial charge in [-0.05, 0) is 44.9 Å². The Labute approximate surface area is 109 Å². The Morgan fingerprint density at radius 2 is 1.94 bits per heavy atom. The van der Waals surface area contributed by atoms with Gasteiger partial charge in [-0.15, -0.1) is 0 Å². The molecule has 1 aliphatic heterocycles. The zero-order valence-corrected chi connectivity index (χ0v) is 12.0. The number of hydrogen-bond donors (Lipinski definition) is 1. The number of ether oxygens (including phenoxy) is 2. The van der Waals surface area contributed by atoms with E-state index in [-0.39, 0.29) is 11.6 Å². The summed E-state index contributed by atoms with van der Waals surface area (Å²) in [6, 6.07) is 4.51. The first-order chi connectivity index (χ1) is 8.43. The SMILES string of the molecule is COc1cc(C)c(C)cc1C1COCC(C)(C)N1. The minimum atomic E-state index is 0.00667. The van der Waals surface area contributed by atoms with E-state index in [2.05, 4.69) is 45.1 Å². The monoisotopic (exact) mass is 249 g/mol. The molecule has 1 aromatic carbocycles. The van der Waals surface area contributed by atoms with Crippen molar-refractivity contribution in [3.63, 3.8) is 0 Å². The van der Waals surface area contributed by atoms with Crippen molar-refractivity contribution in [2.45, 2.75) is 39.3 Å². The molecular weight excluding hydrogens is 226 g/mol. The number of hydrogen-bond acceptors (Lipinski definition) is 3. The van der Waals surface area contributed by atoms with E-state index in [1.165, 1.54) is 16.7 Å². The van der Waals surface area contributed by atoms with Crippen molar-refractivity contribution in [2.24, 2.45) is 0 Å². The molecule has 1 heterocycles. The lowest BCUT2D eigenvalue weighted by atomic mass is 9.95. The van der Waals surface area contributed by atoms with Crippen LogP contribution < -0.4 is 10.1 Å². The zero-order chi connectivity index (χ0) is 13.3. The van der Waals surface area contributed by atoms with Gasteiger partial charge in [0.2, 0.25) is 0 Å². The summed E-state index contributed by atoms with van der Waals surface area (Å²) in [4.78, 5) is 0. The summed E-state index contributed by atoms with van der Waals surface area (Å²) in [6.45, 7) is 10.0. The molecule has 3 nitrogen and oxygen atoms in total. The average Bonchev–Trinajstić information content (AvgIpc) is 2.30. The molecule has 0 bridgehead atoms. The topological polar surface area (TPSA) is 30.5 Å². The molecule has 0 amide bonds. The van der Waals surface area contributed by atoms with E-state index in [9.17, 15) is 0 Å². The molecule has 100 valence electrons. The van der Waals surface area contributed by atoms with E-state index in [0.29, 0.717) is 6.61 Å². The van der Waals surface area contributed by atoms with Crippen LogP contribution in [-0.2, 0) is 4.74 Å². The summed E-state index contributed by atoms with van der Waals surface area (Å²) >= 11 is 0. The van der Waals surface area contributed by atoms with Gasteiger partial charge in [-0.1, -0.05) is 6.07 Å². The molecule has 0 aliphatic carbocycles. The van der Waals surface area contributed by atoms with Crippen molar-refractivity contribution < 1.29 is 9.47 Å². The number of aryl methyl sites for hydroxylation is 2. The fraction of sp³-hybridized carbons (Fsp3) is 0.600. The first-order valence-corrected chi connectivity index (χ1v) is 6.43. The second-order valence-electron chi connectivity index (χ2n) is 5.77. The summed E-state index contributed by atoms with van der Waals surface area (Å²) in [5, 5.41) is 3.63. The maximum Gasteiger partial charge on any atom is 0.124 e. The maximum absolute atomic E-state index is 5.70. The molecule has 1 fully saturated rings. The molecule has 2 rings (SSSR count). The Hall–Kier alpha value is -1.06. The van der Waals surface area contributed by atoms with Gasteiger partial charge in [0.1, 0.15) is 5.75 Å². The number of rotatable bonds is 2. The van der Waals surface area contributed by atoms with Crippen LogP contribution >= 0.6 is 0 Å². The molecule has 0 spiro atoms. The van der Waals surface area contributed by atoms with Crippen LogP contribution in [0.5, 0.6) is 5.75 Å². The molecule has 1 N–H and O–H groups in total. The van der Waals surface area contributed by atoms with Gasteiger partial charge in [-0.25, -0.2) is 0 Å². The molecule has 1 aliphatic rings. The van der Waals surface area contributed by atoms with E-state index in [0.717, 1.165) is 12.4 Å². The standard InChI is InChI=1S/C15H23NO2/c1-10-6-12(14(17-5)7-11(10)2)13-8-18-9-15(3,4)16-13/h6-7,13,16H,8-9H2,1-5H3. The first kappa shape index (κ1) is 13.4. The summed E-state index contributed by atoms with van der Waals surface area (Å²) in [7, 11) is 1.72. The highest BCUT2D eigenvalue weighted by molar-refractivity contribution is 5.43. The highest BCUT2D eigenvalue weighted by Crippen LogP contribution is 2.31. The molecule has 3 heteroatoms. The van der Waals surface area contributed by atoms with Crippen LogP contribution in [0.15, 0.2) is 12.1 Å². The van der Waals surface area contributed by atoms with Gasteiger partial charge in [-0.2, -0.15) is 0 Å². The van der Waals surface area contributed by atoms with Crippen molar-refractivity contribution in [3.05, 3.63) is 28.8 Å². The Morgan fingerprint density at radius 1 is 1.28 bits per heavy atom. The molecule has 0 radical (unpaired) electrons. The van der Waals surface area contributed by atoms with Gasteiger partial charge in [0.15, 0.2) is 0 Å². The predicted molar refractivity (Wildman–Crippen MR) is 73.2 cm³/mol. The number of morpholine rings is 1. The molecule has 0 saturated carbocycles. The second-order valence-corrected chi connectivity index (χ2v) is 5.77. The van der Waals surface area contributed by atoms with Crippen molar-refractivity contribution >= 4 is 0 Å². The van der Waals surface area contributed by atoms with Crippen LogP contribution in [0.1, 0.15) is 36.6 Å². The van der Waals surface area contributed by atoms with Crippen LogP contribution in [0, 0.1) is 13.8 Å². The Kier molecular flexibility index (Phi) is 3.64. The molecule has 1 aromatic rings. The smallest absolute Gasteiger partial charge is 0.124 e. The maximum atomic E-state index is 5.70. The van der Waals surface area contributed by atoms with E-state index in [1.54, 1.807) is 7.11 Å². The average molecular weight is 249 g/mol. The summed E-state index contributed by atoms with van der Waals surface area (Å²) in [5.74, 6) is 0.942.